The molecule has 1 saturated heterocycles. The Morgan fingerprint density at radius 2 is 2.24 bits per heavy atom. The molecule has 2 unspecified atom stereocenters. The number of rotatable bonds is 2. The zero-order valence-corrected chi connectivity index (χ0v) is 12.2. The van der Waals surface area contributed by atoms with Crippen molar-refractivity contribution in [3.63, 3.8) is 0 Å². The highest BCUT2D eigenvalue weighted by Crippen LogP contribution is 2.25. The van der Waals surface area contributed by atoms with E-state index >= 15 is 0 Å². The molecule has 1 aromatic rings. The van der Waals surface area contributed by atoms with Crippen LogP contribution in [0.3, 0.4) is 0 Å². The second kappa shape index (κ2) is 4.84. The molecule has 4 heteroatoms. The van der Waals surface area contributed by atoms with Gasteiger partial charge in [-0.1, -0.05) is 6.92 Å². The number of amides is 1. The molecule has 1 aliphatic rings. The van der Waals surface area contributed by atoms with Crippen LogP contribution in [-0.2, 0) is 6.54 Å². The highest BCUT2D eigenvalue weighted by Gasteiger charge is 2.31. The predicted octanol–water partition coefficient (Wildman–Crippen LogP) is 3.14. The van der Waals surface area contributed by atoms with Gasteiger partial charge in [-0.05, 0) is 48.2 Å². The predicted molar refractivity (Wildman–Crippen MR) is 72.1 cm³/mol. The van der Waals surface area contributed by atoms with Gasteiger partial charge in [0, 0.05) is 29.8 Å². The van der Waals surface area contributed by atoms with Gasteiger partial charge < -0.3 is 9.47 Å². The third-order valence-corrected chi connectivity index (χ3v) is 3.90. The fourth-order valence-electron chi connectivity index (χ4n) is 2.65. The number of carbonyl (C=O) groups is 1. The van der Waals surface area contributed by atoms with Crippen molar-refractivity contribution in [1.29, 1.82) is 0 Å². The molecule has 3 nitrogen and oxygen atoms in total. The molecular weight excluding hydrogens is 280 g/mol. The molecular formula is C13H19BrN2O. The molecule has 17 heavy (non-hydrogen) atoms. The topological polar surface area (TPSA) is 25.2 Å². The summed E-state index contributed by atoms with van der Waals surface area (Å²) in [4.78, 5) is 14.5. The van der Waals surface area contributed by atoms with E-state index < -0.39 is 0 Å². The normalized spacial score (nSPS) is 24.4. The van der Waals surface area contributed by atoms with Crippen LogP contribution in [0.5, 0.6) is 0 Å². The van der Waals surface area contributed by atoms with Gasteiger partial charge in [0.15, 0.2) is 0 Å². The van der Waals surface area contributed by atoms with E-state index in [1.807, 2.05) is 21.7 Å². The molecule has 0 bridgehead atoms. The van der Waals surface area contributed by atoms with Crippen molar-refractivity contribution in [2.75, 3.05) is 6.54 Å². The standard InChI is InChI=1S/C13H19BrN2O/c1-4-15-8-11(14)6-12(15)13(17)16-7-9(2)5-10(16)3/h6,8-10H,4-5,7H2,1-3H3. The van der Waals surface area contributed by atoms with Gasteiger partial charge in [-0.25, -0.2) is 0 Å². The summed E-state index contributed by atoms with van der Waals surface area (Å²) in [5.74, 6) is 0.775. The Labute approximate surface area is 111 Å². The minimum absolute atomic E-state index is 0.161. The lowest BCUT2D eigenvalue weighted by Crippen LogP contribution is -2.35. The van der Waals surface area contributed by atoms with Gasteiger partial charge in [-0.2, -0.15) is 0 Å². The van der Waals surface area contributed by atoms with E-state index in [0.29, 0.717) is 12.0 Å². The Morgan fingerprint density at radius 3 is 2.76 bits per heavy atom. The van der Waals surface area contributed by atoms with Crippen molar-refractivity contribution in [1.82, 2.24) is 9.47 Å². The first-order chi connectivity index (χ1) is 8.02. The van der Waals surface area contributed by atoms with Crippen LogP contribution in [0.25, 0.3) is 0 Å². The van der Waals surface area contributed by atoms with Gasteiger partial charge in [-0.15, -0.1) is 0 Å². The second-order valence-corrected chi connectivity index (χ2v) is 5.89. The molecule has 0 spiro atoms. The first kappa shape index (κ1) is 12.7. The molecule has 2 heterocycles. The van der Waals surface area contributed by atoms with Crippen LogP contribution in [0.1, 0.15) is 37.7 Å². The van der Waals surface area contributed by atoms with Crippen LogP contribution in [0.4, 0.5) is 0 Å². The Bertz CT molecular complexity index is 427. The zero-order valence-electron chi connectivity index (χ0n) is 10.6. The van der Waals surface area contributed by atoms with E-state index in [2.05, 4.69) is 36.7 Å². The molecule has 1 aromatic heterocycles. The molecule has 0 radical (unpaired) electrons. The summed E-state index contributed by atoms with van der Waals surface area (Å²) < 4.78 is 2.98. The second-order valence-electron chi connectivity index (χ2n) is 4.98. The largest absolute Gasteiger partial charge is 0.343 e. The number of hydrogen-bond acceptors (Lipinski definition) is 1. The van der Waals surface area contributed by atoms with E-state index in [1.54, 1.807) is 0 Å². The SMILES string of the molecule is CCn1cc(Br)cc1C(=O)N1CC(C)CC1C. The van der Waals surface area contributed by atoms with Crippen LogP contribution in [0, 0.1) is 5.92 Å². The van der Waals surface area contributed by atoms with Crippen LogP contribution < -0.4 is 0 Å². The fourth-order valence-corrected chi connectivity index (χ4v) is 3.11. The summed E-state index contributed by atoms with van der Waals surface area (Å²) in [6.07, 6.45) is 3.08. The zero-order chi connectivity index (χ0) is 12.6. The maximum atomic E-state index is 12.5. The highest BCUT2D eigenvalue weighted by atomic mass is 79.9. The van der Waals surface area contributed by atoms with E-state index in [4.69, 9.17) is 0 Å². The third kappa shape index (κ3) is 2.41. The molecule has 1 aliphatic heterocycles. The van der Waals surface area contributed by atoms with Gasteiger partial charge in [0.25, 0.3) is 5.91 Å². The summed E-state index contributed by atoms with van der Waals surface area (Å²) in [5, 5.41) is 0. The molecule has 94 valence electrons. The van der Waals surface area contributed by atoms with Crippen LogP contribution in [0.2, 0.25) is 0 Å². The smallest absolute Gasteiger partial charge is 0.270 e. The highest BCUT2D eigenvalue weighted by molar-refractivity contribution is 9.10. The Hall–Kier alpha value is -0.770. The van der Waals surface area contributed by atoms with Gasteiger partial charge in [0.2, 0.25) is 0 Å². The molecule has 0 aliphatic carbocycles. The van der Waals surface area contributed by atoms with Crippen LogP contribution >= 0.6 is 15.9 Å². The van der Waals surface area contributed by atoms with Crippen molar-refractivity contribution >= 4 is 21.8 Å². The summed E-state index contributed by atoms with van der Waals surface area (Å²) in [6.45, 7) is 8.10. The van der Waals surface area contributed by atoms with E-state index in [1.165, 1.54) is 0 Å². The first-order valence-corrected chi connectivity index (χ1v) is 6.98. The summed E-state index contributed by atoms with van der Waals surface area (Å²) in [7, 11) is 0. The fraction of sp³-hybridized carbons (Fsp3) is 0.615. The first-order valence-electron chi connectivity index (χ1n) is 6.19. The number of aryl methyl sites for hydroxylation is 1. The van der Waals surface area contributed by atoms with E-state index in [-0.39, 0.29) is 5.91 Å². The molecule has 2 rings (SSSR count). The lowest BCUT2D eigenvalue weighted by atomic mass is 10.1. The van der Waals surface area contributed by atoms with Crippen molar-refractivity contribution in [2.24, 2.45) is 5.92 Å². The monoisotopic (exact) mass is 298 g/mol. The molecule has 0 N–H and O–H groups in total. The third-order valence-electron chi connectivity index (χ3n) is 3.47. The number of nitrogens with zero attached hydrogens (tertiary/aromatic N) is 2. The van der Waals surface area contributed by atoms with Gasteiger partial charge in [0.05, 0.1) is 0 Å². The average molecular weight is 299 g/mol. The van der Waals surface area contributed by atoms with Gasteiger partial charge >= 0.3 is 0 Å². The molecule has 0 aromatic carbocycles. The average Bonchev–Trinajstić information content (AvgIpc) is 2.80. The summed E-state index contributed by atoms with van der Waals surface area (Å²) in [5.41, 5.74) is 0.792. The Balaban J connectivity index is 2.24. The van der Waals surface area contributed by atoms with Crippen LogP contribution in [0.15, 0.2) is 16.7 Å². The molecule has 0 saturated carbocycles. The number of aromatic nitrogens is 1. The maximum Gasteiger partial charge on any atom is 0.270 e. The number of hydrogen-bond donors (Lipinski definition) is 0. The van der Waals surface area contributed by atoms with E-state index in [9.17, 15) is 4.79 Å². The number of carbonyl (C=O) groups excluding carboxylic acids is 1. The molecule has 2 atom stereocenters. The van der Waals surface area contributed by atoms with E-state index in [0.717, 1.165) is 29.7 Å². The number of halogens is 1. The minimum atomic E-state index is 0.161. The van der Waals surface area contributed by atoms with Gasteiger partial charge in [-0.3, -0.25) is 4.79 Å². The van der Waals surface area contributed by atoms with Gasteiger partial charge in [0.1, 0.15) is 5.69 Å². The Kier molecular flexibility index (Phi) is 3.61. The maximum absolute atomic E-state index is 12.5. The summed E-state index contributed by atoms with van der Waals surface area (Å²) >= 11 is 3.44. The van der Waals surface area contributed by atoms with Crippen LogP contribution in [-0.4, -0.2) is 28.0 Å². The van der Waals surface area contributed by atoms with Crippen molar-refractivity contribution < 1.29 is 4.79 Å². The lowest BCUT2D eigenvalue weighted by molar-refractivity contribution is 0.0733. The number of likely N-dealkylation sites (tertiary alicyclic amines) is 1. The molecule has 1 amide bonds. The quantitative estimate of drug-likeness (QED) is 0.823. The molecule has 1 fully saturated rings. The van der Waals surface area contributed by atoms with Crippen molar-refractivity contribution in [3.05, 3.63) is 22.4 Å². The van der Waals surface area contributed by atoms with Crippen molar-refractivity contribution in [2.45, 2.75) is 39.8 Å². The summed E-state index contributed by atoms with van der Waals surface area (Å²) in [6, 6.07) is 2.28. The van der Waals surface area contributed by atoms with Crippen molar-refractivity contribution in [3.8, 4) is 0 Å². The minimum Gasteiger partial charge on any atom is -0.343 e. The Morgan fingerprint density at radius 1 is 1.53 bits per heavy atom. The lowest BCUT2D eigenvalue weighted by Gasteiger charge is -2.22.